The van der Waals surface area contributed by atoms with Crippen molar-refractivity contribution in [2.45, 2.75) is 0 Å². The van der Waals surface area contributed by atoms with Crippen molar-refractivity contribution in [2.75, 3.05) is 12.4 Å². The van der Waals surface area contributed by atoms with E-state index in [1.165, 1.54) is 49.6 Å². The van der Waals surface area contributed by atoms with Gasteiger partial charge in [0.1, 0.15) is 17.3 Å². The standard InChI is InChI=1S/C18H14FNO5S/c1-24-15-5-2-12(16(19)11-15)3-7-18(21)20-14-4-6-17-13(10-14)8-9-26(22,23)25-17/h2-11H,1H3,(H,20,21)/b7-3+. The molecular formula is C18H14FNO5S. The molecule has 1 amide bonds. The van der Waals surface area contributed by atoms with Crippen LogP contribution in [0.4, 0.5) is 10.1 Å². The lowest BCUT2D eigenvalue weighted by Gasteiger charge is -2.13. The SMILES string of the molecule is COc1ccc(/C=C/C(=O)Nc2ccc3c(c2)C=CS(=O)(=O)O3)c(F)c1. The molecule has 0 spiro atoms. The highest BCUT2D eigenvalue weighted by Gasteiger charge is 2.17. The predicted molar refractivity (Wildman–Crippen MR) is 95.6 cm³/mol. The fourth-order valence-electron chi connectivity index (χ4n) is 2.26. The van der Waals surface area contributed by atoms with Crippen LogP contribution in [0.5, 0.6) is 11.5 Å². The first-order valence-corrected chi connectivity index (χ1v) is 8.93. The number of benzene rings is 2. The van der Waals surface area contributed by atoms with Crippen molar-refractivity contribution < 1.29 is 26.5 Å². The zero-order chi connectivity index (χ0) is 18.7. The maximum atomic E-state index is 13.8. The molecule has 1 N–H and O–H groups in total. The number of methoxy groups -OCH3 is 1. The average molecular weight is 375 g/mol. The van der Waals surface area contributed by atoms with Gasteiger partial charge < -0.3 is 14.2 Å². The smallest absolute Gasteiger partial charge is 0.332 e. The number of carbonyl (C=O) groups excluding carboxylic acids is 1. The van der Waals surface area contributed by atoms with Crippen LogP contribution in [0.2, 0.25) is 0 Å². The van der Waals surface area contributed by atoms with Crippen molar-refractivity contribution in [3.63, 3.8) is 0 Å². The van der Waals surface area contributed by atoms with Crippen LogP contribution >= 0.6 is 0 Å². The number of anilines is 1. The highest BCUT2D eigenvalue weighted by Crippen LogP contribution is 2.29. The molecule has 1 heterocycles. The monoisotopic (exact) mass is 375 g/mol. The summed E-state index contributed by atoms with van der Waals surface area (Å²) >= 11 is 0. The molecule has 0 atom stereocenters. The van der Waals surface area contributed by atoms with Crippen LogP contribution in [-0.4, -0.2) is 21.4 Å². The van der Waals surface area contributed by atoms with E-state index in [1.54, 1.807) is 12.1 Å². The first-order chi connectivity index (χ1) is 12.4. The summed E-state index contributed by atoms with van der Waals surface area (Å²) < 4.78 is 46.2. The molecule has 26 heavy (non-hydrogen) atoms. The first kappa shape index (κ1) is 17.7. The average Bonchev–Trinajstić information content (AvgIpc) is 2.60. The predicted octanol–water partition coefficient (Wildman–Crippen LogP) is 3.18. The lowest BCUT2D eigenvalue weighted by atomic mass is 10.1. The van der Waals surface area contributed by atoms with E-state index >= 15 is 0 Å². The minimum atomic E-state index is -3.70. The minimum Gasteiger partial charge on any atom is -0.497 e. The number of amides is 1. The summed E-state index contributed by atoms with van der Waals surface area (Å²) in [6.07, 6.45) is 3.92. The van der Waals surface area contributed by atoms with Crippen LogP contribution in [0.15, 0.2) is 47.9 Å². The largest absolute Gasteiger partial charge is 0.497 e. The highest BCUT2D eigenvalue weighted by molar-refractivity contribution is 7.90. The van der Waals surface area contributed by atoms with E-state index in [1.807, 2.05) is 0 Å². The fraction of sp³-hybridized carbons (Fsp3) is 0.0556. The van der Waals surface area contributed by atoms with Gasteiger partial charge in [-0.2, -0.15) is 8.42 Å². The summed E-state index contributed by atoms with van der Waals surface area (Å²) in [5, 5.41) is 3.55. The van der Waals surface area contributed by atoms with Crippen LogP contribution in [0.25, 0.3) is 12.2 Å². The third-order valence-electron chi connectivity index (χ3n) is 3.52. The van der Waals surface area contributed by atoms with Crippen LogP contribution in [-0.2, 0) is 14.9 Å². The third-order valence-corrected chi connectivity index (χ3v) is 4.40. The number of halogens is 1. The van der Waals surface area contributed by atoms with E-state index in [2.05, 4.69) is 5.32 Å². The number of rotatable bonds is 4. The number of nitrogens with one attached hydrogen (secondary N) is 1. The van der Waals surface area contributed by atoms with E-state index in [-0.39, 0.29) is 11.3 Å². The molecule has 0 aliphatic carbocycles. The van der Waals surface area contributed by atoms with Crippen LogP contribution < -0.4 is 14.2 Å². The molecule has 0 aromatic heterocycles. The number of hydrogen-bond acceptors (Lipinski definition) is 5. The molecule has 8 heteroatoms. The quantitative estimate of drug-likeness (QED) is 0.656. The van der Waals surface area contributed by atoms with E-state index in [0.717, 1.165) is 5.41 Å². The molecule has 6 nitrogen and oxygen atoms in total. The summed E-state index contributed by atoms with van der Waals surface area (Å²) in [7, 11) is -2.27. The Morgan fingerprint density at radius 1 is 1.23 bits per heavy atom. The van der Waals surface area contributed by atoms with Gasteiger partial charge in [-0.05, 0) is 42.5 Å². The Hall–Kier alpha value is -3.13. The summed E-state index contributed by atoms with van der Waals surface area (Å²) in [5.74, 6) is -0.407. The van der Waals surface area contributed by atoms with E-state index in [9.17, 15) is 17.6 Å². The summed E-state index contributed by atoms with van der Waals surface area (Å²) in [6.45, 7) is 0. The second-order valence-corrected chi connectivity index (χ2v) is 6.77. The number of fused-ring (bicyclic) bond motifs is 1. The van der Waals surface area contributed by atoms with Crippen LogP contribution in [0, 0.1) is 5.82 Å². The van der Waals surface area contributed by atoms with Crippen molar-refractivity contribution in [3.05, 3.63) is 64.8 Å². The van der Waals surface area contributed by atoms with E-state index in [4.69, 9.17) is 8.92 Å². The Kier molecular flexibility index (Phi) is 4.77. The fourth-order valence-corrected chi connectivity index (χ4v) is 3.03. The van der Waals surface area contributed by atoms with E-state index < -0.39 is 21.8 Å². The molecule has 2 aromatic carbocycles. The highest BCUT2D eigenvalue weighted by atomic mass is 32.2. The Morgan fingerprint density at radius 2 is 2.04 bits per heavy atom. The molecule has 0 saturated heterocycles. The van der Waals surface area contributed by atoms with Crippen molar-refractivity contribution in [3.8, 4) is 11.5 Å². The second kappa shape index (κ2) is 7.01. The van der Waals surface area contributed by atoms with Gasteiger partial charge in [-0.3, -0.25) is 4.79 Å². The van der Waals surface area contributed by atoms with Gasteiger partial charge in [-0.1, -0.05) is 0 Å². The lowest BCUT2D eigenvalue weighted by molar-refractivity contribution is -0.111. The number of ether oxygens (including phenoxy) is 1. The number of hydrogen-bond donors (Lipinski definition) is 1. The molecule has 1 aliphatic rings. The number of carbonyl (C=O) groups is 1. The molecule has 2 aromatic rings. The topological polar surface area (TPSA) is 81.7 Å². The normalized spacial score (nSPS) is 14.5. The summed E-state index contributed by atoms with van der Waals surface area (Å²) in [6, 6.07) is 8.83. The molecular weight excluding hydrogens is 361 g/mol. The van der Waals surface area contributed by atoms with Gasteiger partial charge in [0.2, 0.25) is 5.91 Å². The van der Waals surface area contributed by atoms with Crippen LogP contribution in [0.1, 0.15) is 11.1 Å². The van der Waals surface area contributed by atoms with Gasteiger partial charge in [0.25, 0.3) is 0 Å². The van der Waals surface area contributed by atoms with Crippen molar-refractivity contribution >= 4 is 33.9 Å². The molecule has 0 fully saturated rings. The van der Waals surface area contributed by atoms with Gasteiger partial charge in [0.05, 0.1) is 12.5 Å². The Balaban J connectivity index is 1.71. The Bertz CT molecular complexity index is 1030. The zero-order valence-corrected chi connectivity index (χ0v) is 14.4. The zero-order valence-electron chi connectivity index (χ0n) is 13.6. The van der Waals surface area contributed by atoms with Gasteiger partial charge in [0.15, 0.2) is 0 Å². The molecule has 3 rings (SSSR count). The molecule has 1 aliphatic heterocycles. The maximum Gasteiger partial charge on any atom is 0.332 e. The van der Waals surface area contributed by atoms with Gasteiger partial charge >= 0.3 is 10.1 Å². The van der Waals surface area contributed by atoms with Crippen LogP contribution in [0.3, 0.4) is 0 Å². The van der Waals surface area contributed by atoms with Crippen molar-refractivity contribution in [1.82, 2.24) is 0 Å². The second-order valence-electron chi connectivity index (χ2n) is 5.34. The van der Waals surface area contributed by atoms with Gasteiger partial charge in [0, 0.05) is 29.0 Å². The minimum absolute atomic E-state index is 0.182. The van der Waals surface area contributed by atoms with Gasteiger partial charge in [-0.15, -0.1) is 0 Å². The Morgan fingerprint density at radius 3 is 2.77 bits per heavy atom. The van der Waals surface area contributed by atoms with Gasteiger partial charge in [-0.25, -0.2) is 4.39 Å². The summed E-state index contributed by atoms with van der Waals surface area (Å²) in [4.78, 5) is 12.0. The first-order valence-electron chi connectivity index (χ1n) is 7.45. The maximum absolute atomic E-state index is 13.8. The summed E-state index contributed by atoms with van der Waals surface area (Å²) in [5.41, 5.74) is 1.21. The molecule has 0 saturated carbocycles. The van der Waals surface area contributed by atoms with E-state index in [0.29, 0.717) is 17.0 Å². The van der Waals surface area contributed by atoms with Crippen molar-refractivity contribution in [2.24, 2.45) is 0 Å². The molecule has 0 bridgehead atoms. The third kappa shape index (κ3) is 4.09. The molecule has 134 valence electrons. The lowest BCUT2D eigenvalue weighted by Crippen LogP contribution is -2.11. The Labute approximate surface area is 149 Å². The molecule has 0 unspecified atom stereocenters. The molecule has 0 radical (unpaired) electrons. The van der Waals surface area contributed by atoms with Crippen molar-refractivity contribution in [1.29, 1.82) is 0 Å².